The number of hydrazone groups is 1. The maximum atomic E-state index is 10.8. The van der Waals surface area contributed by atoms with Crippen LogP contribution >= 0.6 is 0 Å². The van der Waals surface area contributed by atoms with Crippen LogP contribution < -0.4 is 5.46 Å². The molecule has 1 saturated heterocycles. The van der Waals surface area contributed by atoms with Crippen molar-refractivity contribution >= 4 is 29.3 Å². The molecule has 0 aromatic carbocycles. The van der Waals surface area contributed by atoms with Crippen LogP contribution in [0.4, 0.5) is 0 Å². The zero-order valence-corrected chi connectivity index (χ0v) is 16.6. The van der Waals surface area contributed by atoms with Crippen molar-refractivity contribution in [2.75, 3.05) is 13.2 Å². The van der Waals surface area contributed by atoms with E-state index >= 15 is 0 Å². The lowest BCUT2D eigenvalue weighted by Gasteiger charge is -2.46. The summed E-state index contributed by atoms with van der Waals surface area (Å²) in [6.07, 6.45) is 10.8. The smallest absolute Gasteiger partial charge is 0.412 e. The molecule has 2 aromatic heterocycles. The van der Waals surface area contributed by atoms with Crippen molar-refractivity contribution in [2.45, 2.75) is 44.6 Å². The lowest BCUT2D eigenvalue weighted by molar-refractivity contribution is 0.0629. The second kappa shape index (κ2) is 6.08. The number of H-pyrrole nitrogens is 1. The quantitative estimate of drug-likeness (QED) is 0.732. The third kappa shape index (κ3) is 2.37. The average Bonchev–Trinajstić information content (AvgIpc) is 3.15. The number of aromatic nitrogens is 2. The first-order valence-corrected chi connectivity index (χ1v) is 11.4. The van der Waals surface area contributed by atoms with E-state index in [0.29, 0.717) is 23.7 Å². The van der Waals surface area contributed by atoms with Gasteiger partial charge < -0.3 is 19.7 Å². The molecule has 6 atom stereocenters. The van der Waals surface area contributed by atoms with Gasteiger partial charge in [-0.2, -0.15) is 5.10 Å². The monoisotopic (exact) mass is 390 g/mol. The van der Waals surface area contributed by atoms with E-state index in [4.69, 9.17) is 9.76 Å². The second-order valence-electron chi connectivity index (χ2n) is 9.97. The Hall–Kier alpha value is -1.86. The Bertz CT molecular complexity index is 1010. The van der Waals surface area contributed by atoms with Gasteiger partial charge in [-0.3, -0.25) is 0 Å². The van der Waals surface area contributed by atoms with Gasteiger partial charge >= 0.3 is 7.05 Å². The van der Waals surface area contributed by atoms with E-state index in [-0.39, 0.29) is 13.2 Å². The topological polar surface area (TPSA) is 73.7 Å². The molecular formula is C22H27BN4O2. The van der Waals surface area contributed by atoms with Crippen LogP contribution in [0.1, 0.15) is 44.1 Å². The van der Waals surface area contributed by atoms with Gasteiger partial charge in [0.15, 0.2) is 0 Å². The molecule has 8 rings (SSSR count). The number of hydrogen-bond donors (Lipinski definition) is 2. The Labute approximate surface area is 170 Å². The molecule has 0 radical (unpaired) electrons. The number of nitrogens with zero attached hydrogens (tertiary/aromatic N) is 3. The van der Waals surface area contributed by atoms with Gasteiger partial charge in [-0.1, -0.05) is 0 Å². The molecule has 3 unspecified atom stereocenters. The Morgan fingerprint density at radius 3 is 2.93 bits per heavy atom. The Morgan fingerprint density at radius 1 is 1.14 bits per heavy atom. The van der Waals surface area contributed by atoms with E-state index in [1.807, 2.05) is 12.4 Å². The lowest BCUT2D eigenvalue weighted by Crippen LogP contribution is -2.58. The van der Waals surface area contributed by atoms with Gasteiger partial charge in [0.05, 0.1) is 11.8 Å². The van der Waals surface area contributed by atoms with Crippen LogP contribution in [-0.2, 0) is 4.65 Å². The molecular weight excluding hydrogens is 363 g/mol. The third-order valence-corrected chi connectivity index (χ3v) is 8.39. The zero-order chi connectivity index (χ0) is 19.1. The summed E-state index contributed by atoms with van der Waals surface area (Å²) in [6.45, 7) is 1.72. The first-order valence-electron chi connectivity index (χ1n) is 11.4. The molecule has 4 aliphatic carbocycles. The fourth-order valence-electron chi connectivity index (χ4n) is 7.38. The maximum Gasteiger partial charge on any atom is 0.471 e. The molecule has 150 valence electrons. The van der Waals surface area contributed by atoms with E-state index < -0.39 is 0 Å². The standard InChI is InChI=1S/C22H27BN4O2/c28-18-10-15-8-12-6-13(18)9-14(7-12)19(15)21-20-16-2-3-24-22(16)25-11-17(20)23-27(26-21)4-1-5-29-23/h2-3,11-15,18-19,28H,1,4-10H2,(H,24,25)/t12?,13-,14?,15?,18+,19+/m0/s1. The molecule has 2 aromatic rings. The van der Waals surface area contributed by atoms with Crippen LogP contribution in [-0.4, -0.2) is 52.0 Å². The predicted molar refractivity (Wildman–Crippen MR) is 112 cm³/mol. The van der Waals surface area contributed by atoms with Crippen molar-refractivity contribution in [3.63, 3.8) is 0 Å². The van der Waals surface area contributed by atoms with E-state index in [2.05, 4.69) is 21.0 Å². The van der Waals surface area contributed by atoms with Crippen molar-refractivity contribution < 1.29 is 9.76 Å². The van der Waals surface area contributed by atoms with Crippen molar-refractivity contribution in [2.24, 2.45) is 34.7 Å². The highest BCUT2D eigenvalue weighted by Gasteiger charge is 2.52. The van der Waals surface area contributed by atoms with Crippen LogP contribution in [0, 0.1) is 29.6 Å². The molecule has 2 aliphatic heterocycles. The minimum absolute atomic E-state index is 0.112. The molecule has 7 heteroatoms. The molecule has 5 fully saturated rings. The van der Waals surface area contributed by atoms with Crippen LogP contribution in [0.2, 0.25) is 0 Å². The first-order chi connectivity index (χ1) is 14.3. The third-order valence-electron chi connectivity index (χ3n) is 8.39. The molecule has 4 heterocycles. The number of aliphatic hydroxyl groups excluding tert-OH is 1. The van der Waals surface area contributed by atoms with E-state index in [9.17, 15) is 5.11 Å². The summed E-state index contributed by atoms with van der Waals surface area (Å²) in [6, 6.07) is 2.15. The highest BCUT2D eigenvalue weighted by molar-refractivity contribution is 6.67. The maximum absolute atomic E-state index is 10.8. The first kappa shape index (κ1) is 16.9. The van der Waals surface area contributed by atoms with Crippen molar-refractivity contribution in [3.8, 4) is 0 Å². The van der Waals surface area contributed by atoms with Gasteiger partial charge in [-0.05, 0) is 68.3 Å². The molecule has 29 heavy (non-hydrogen) atoms. The fraction of sp³-hybridized carbons (Fsp3) is 0.636. The number of nitrogens with one attached hydrogen (secondary N) is 1. The average molecular weight is 390 g/mol. The highest BCUT2D eigenvalue weighted by Crippen LogP contribution is 2.55. The molecule has 4 saturated carbocycles. The SMILES string of the molecule is O[C@@H]1CC2CC3CC(C[C@@H]1C3)[C@H]2C1=NN2CCCOB2c2cnc3[nH]ccc3c21. The molecule has 4 bridgehead atoms. The number of hydrogen-bond acceptors (Lipinski definition) is 5. The molecule has 2 N–H and O–H groups in total. The van der Waals surface area contributed by atoms with Gasteiger partial charge in [0.1, 0.15) is 5.65 Å². The van der Waals surface area contributed by atoms with Gasteiger partial charge in [0, 0.05) is 47.9 Å². The molecule has 0 amide bonds. The van der Waals surface area contributed by atoms with E-state index in [0.717, 1.165) is 44.0 Å². The van der Waals surface area contributed by atoms with Crippen LogP contribution in [0.25, 0.3) is 11.0 Å². The Morgan fingerprint density at radius 2 is 2.00 bits per heavy atom. The van der Waals surface area contributed by atoms with Gasteiger partial charge in [-0.25, -0.2) is 4.98 Å². The number of fused-ring (bicyclic) bond motifs is 6. The summed E-state index contributed by atoms with van der Waals surface area (Å²) in [5.41, 5.74) is 4.61. The minimum Gasteiger partial charge on any atom is -0.412 e. The summed E-state index contributed by atoms with van der Waals surface area (Å²) >= 11 is 0. The summed E-state index contributed by atoms with van der Waals surface area (Å²) < 4.78 is 6.16. The molecule has 6 nitrogen and oxygen atoms in total. The van der Waals surface area contributed by atoms with Crippen molar-refractivity contribution in [1.29, 1.82) is 0 Å². The minimum atomic E-state index is -0.128. The number of pyridine rings is 1. The largest absolute Gasteiger partial charge is 0.471 e. The van der Waals surface area contributed by atoms with E-state index in [1.54, 1.807) is 0 Å². The van der Waals surface area contributed by atoms with Crippen molar-refractivity contribution in [3.05, 3.63) is 24.0 Å². The fourth-order valence-corrected chi connectivity index (χ4v) is 7.38. The predicted octanol–water partition coefficient (Wildman–Crippen LogP) is 2.13. The number of aliphatic hydroxyl groups is 1. The lowest BCUT2D eigenvalue weighted by atomic mass is 9.58. The summed E-state index contributed by atoms with van der Waals surface area (Å²) in [5.74, 6) is 2.92. The Kier molecular flexibility index (Phi) is 3.54. The van der Waals surface area contributed by atoms with Crippen LogP contribution in [0.15, 0.2) is 23.6 Å². The number of aromatic amines is 1. The summed E-state index contributed by atoms with van der Waals surface area (Å²) in [5, 5.41) is 17.3. The van der Waals surface area contributed by atoms with E-state index in [1.165, 1.54) is 41.4 Å². The summed E-state index contributed by atoms with van der Waals surface area (Å²) in [7, 11) is -0.112. The van der Waals surface area contributed by atoms with Gasteiger partial charge in [0.2, 0.25) is 0 Å². The Balaban J connectivity index is 1.42. The molecule has 6 aliphatic rings. The van der Waals surface area contributed by atoms with Crippen LogP contribution in [0.5, 0.6) is 0 Å². The second-order valence-corrected chi connectivity index (χ2v) is 9.97. The van der Waals surface area contributed by atoms with Gasteiger partial charge in [0.25, 0.3) is 0 Å². The number of rotatable bonds is 1. The van der Waals surface area contributed by atoms with Crippen molar-refractivity contribution in [1.82, 2.24) is 14.9 Å². The normalized spacial score (nSPS) is 38.0. The van der Waals surface area contributed by atoms with Crippen LogP contribution in [0.3, 0.4) is 0 Å². The zero-order valence-electron chi connectivity index (χ0n) is 16.6. The van der Waals surface area contributed by atoms with Gasteiger partial charge in [-0.15, -0.1) is 0 Å². The highest BCUT2D eigenvalue weighted by atomic mass is 16.4. The summed E-state index contributed by atoms with van der Waals surface area (Å²) in [4.78, 5) is 10.1. The molecule has 0 spiro atoms.